The summed E-state index contributed by atoms with van der Waals surface area (Å²) < 4.78 is 2.58. The van der Waals surface area contributed by atoms with Crippen molar-refractivity contribution in [3.63, 3.8) is 0 Å². The van der Waals surface area contributed by atoms with Crippen molar-refractivity contribution in [2.45, 2.75) is 6.54 Å². The van der Waals surface area contributed by atoms with E-state index < -0.39 is 0 Å². The molecule has 0 unspecified atom stereocenters. The quantitative estimate of drug-likeness (QED) is 0.659. The molecule has 0 radical (unpaired) electrons. The van der Waals surface area contributed by atoms with E-state index in [1.165, 1.54) is 0 Å². The Kier molecular flexibility index (Phi) is 5.17. The van der Waals surface area contributed by atoms with E-state index in [1.54, 1.807) is 47.1 Å². The fourth-order valence-electron chi connectivity index (χ4n) is 2.35. The summed E-state index contributed by atoms with van der Waals surface area (Å²) in [6.45, 7) is 0.414. The lowest BCUT2D eigenvalue weighted by molar-refractivity contribution is 0.0776. The number of aryl methyl sites for hydroxylation is 1. The topological polar surface area (TPSA) is 66.8 Å². The van der Waals surface area contributed by atoms with E-state index >= 15 is 0 Å². The number of halogens is 3. The first-order chi connectivity index (χ1) is 11.9. The number of hydrogen-bond acceptors (Lipinski definition) is 3. The largest absolute Gasteiger partial charge is 0.334 e. The zero-order valence-electron chi connectivity index (χ0n) is 13.4. The van der Waals surface area contributed by atoms with Crippen molar-refractivity contribution in [3.05, 3.63) is 56.4 Å². The molecule has 0 saturated carbocycles. The Morgan fingerprint density at radius 3 is 2.72 bits per heavy atom. The van der Waals surface area contributed by atoms with E-state index in [0.29, 0.717) is 28.0 Å². The molecular formula is C16H14BrCl2N5O. The van der Waals surface area contributed by atoms with Crippen molar-refractivity contribution in [2.75, 3.05) is 7.05 Å². The molecule has 0 aliphatic rings. The van der Waals surface area contributed by atoms with Gasteiger partial charge in [-0.2, -0.15) is 10.2 Å². The van der Waals surface area contributed by atoms with Gasteiger partial charge in [-0.3, -0.25) is 14.6 Å². The summed E-state index contributed by atoms with van der Waals surface area (Å²) in [5.41, 5.74) is 2.70. The Morgan fingerprint density at radius 2 is 2.08 bits per heavy atom. The molecule has 9 heteroatoms. The standard InChI is InChI=1S/C16H14BrCl2N5O/c1-23(8-15-10(17)7-20-24(15)2)16(25)14-6-13(21-22-14)9-3-4-11(18)12(19)5-9/h3-7H,8H2,1-2H3,(H,21,22). The highest BCUT2D eigenvalue weighted by Gasteiger charge is 2.18. The van der Waals surface area contributed by atoms with Gasteiger partial charge in [-0.1, -0.05) is 29.3 Å². The first-order valence-electron chi connectivity index (χ1n) is 7.29. The fourth-order valence-corrected chi connectivity index (χ4v) is 3.12. The van der Waals surface area contributed by atoms with Crippen LogP contribution in [0.2, 0.25) is 10.0 Å². The number of amides is 1. The van der Waals surface area contributed by atoms with Crippen LogP contribution < -0.4 is 0 Å². The third-order valence-electron chi connectivity index (χ3n) is 3.77. The number of carbonyl (C=O) groups excluding carboxylic acids is 1. The van der Waals surface area contributed by atoms with E-state index in [1.807, 2.05) is 7.05 Å². The molecule has 2 aromatic heterocycles. The van der Waals surface area contributed by atoms with E-state index in [4.69, 9.17) is 23.2 Å². The van der Waals surface area contributed by atoms with Crippen LogP contribution in [-0.4, -0.2) is 37.8 Å². The number of nitrogens with one attached hydrogen (secondary N) is 1. The van der Waals surface area contributed by atoms with Gasteiger partial charge in [0.1, 0.15) is 5.69 Å². The zero-order valence-corrected chi connectivity index (χ0v) is 16.5. The van der Waals surface area contributed by atoms with Gasteiger partial charge < -0.3 is 4.90 Å². The molecule has 0 aliphatic carbocycles. The van der Waals surface area contributed by atoms with Crippen LogP contribution in [0.5, 0.6) is 0 Å². The highest BCUT2D eigenvalue weighted by molar-refractivity contribution is 9.10. The molecule has 2 heterocycles. The number of aromatic nitrogens is 4. The van der Waals surface area contributed by atoms with Gasteiger partial charge in [0.2, 0.25) is 0 Å². The summed E-state index contributed by atoms with van der Waals surface area (Å²) in [6, 6.07) is 6.90. The van der Waals surface area contributed by atoms with Gasteiger partial charge >= 0.3 is 0 Å². The normalized spacial score (nSPS) is 10.9. The van der Waals surface area contributed by atoms with Gasteiger partial charge in [0, 0.05) is 19.7 Å². The second-order valence-electron chi connectivity index (χ2n) is 5.52. The number of benzene rings is 1. The lowest BCUT2D eigenvalue weighted by Gasteiger charge is -2.16. The molecule has 0 atom stereocenters. The first-order valence-corrected chi connectivity index (χ1v) is 8.84. The van der Waals surface area contributed by atoms with Crippen LogP contribution in [0.4, 0.5) is 0 Å². The van der Waals surface area contributed by atoms with Crippen LogP contribution in [0.3, 0.4) is 0 Å². The molecule has 1 aromatic carbocycles. The molecule has 6 nitrogen and oxygen atoms in total. The number of nitrogens with zero attached hydrogens (tertiary/aromatic N) is 4. The van der Waals surface area contributed by atoms with E-state index in [-0.39, 0.29) is 5.91 Å². The molecule has 3 rings (SSSR count). The molecule has 0 fully saturated rings. The number of H-pyrrole nitrogens is 1. The SMILES string of the molecule is CN(Cc1c(Br)cnn1C)C(=O)c1cc(-c2ccc(Cl)c(Cl)c2)n[nH]1. The Labute approximate surface area is 162 Å². The number of rotatable bonds is 4. The van der Waals surface area contributed by atoms with Crippen molar-refractivity contribution >= 4 is 45.0 Å². The molecule has 0 aliphatic heterocycles. The Hall–Kier alpha value is -1.83. The average Bonchev–Trinajstić information content (AvgIpc) is 3.19. The Morgan fingerprint density at radius 1 is 1.32 bits per heavy atom. The Balaban J connectivity index is 1.79. The molecule has 0 spiro atoms. The highest BCUT2D eigenvalue weighted by atomic mass is 79.9. The van der Waals surface area contributed by atoms with E-state index in [9.17, 15) is 4.79 Å². The maximum Gasteiger partial charge on any atom is 0.271 e. The second kappa shape index (κ2) is 7.19. The van der Waals surface area contributed by atoms with Gasteiger partial charge in [0.05, 0.1) is 38.6 Å². The second-order valence-corrected chi connectivity index (χ2v) is 7.19. The molecule has 25 heavy (non-hydrogen) atoms. The zero-order chi connectivity index (χ0) is 18.1. The highest BCUT2D eigenvalue weighted by Crippen LogP contribution is 2.28. The number of carbonyl (C=O) groups is 1. The number of hydrogen-bond donors (Lipinski definition) is 1. The number of aromatic amines is 1. The summed E-state index contributed by atoms with van der Waals surface area (Å²) in [4.78, 5) is 14.2. The van der Waals surface area contributed by atoms with Gasteiger partial charge in [-0.05, 0) is 34.1 Å². The molecule has 1 amide bonds. The average molecular weight is 443 g/mol. The van der Waals surface area contributed by atoms with Gasteiger partial charge in [0.15, 0.2) is 0 Å². The lowest BCUT2D eigenvalue weighted by Crippen LogP contribution is -2.27. The minimum atomic E-state index is -0.174. The molecular weight excluding hydrogens is 429 g/mol. The van der Waals surface area contributed by atoms with Crippen molar-refractivity contribution in [2.24, 2.45) is 7.05 Å². The molecule has 130 valence electrons. The lowest BCUT2D eigenvalue weighted by atomic mass is 10.1. The summed E-state index contributed by atoms with van der Waals surface area (Å²) in [5.74, 6) is -0.174. The molecule has 0 bridgehead atoms. The van der Waals surface area contributed by atoms with E-state index in [0.717, 1.165) is 15.7 Å². The van der Waals surface area contributed by atoms with Crippen LogP contribution in [-0.2, 0) is 13.6 Å². The van der Waals surface area contributed by atoms with Crippen LogP contribution >= 0.6 is 39.1 Å². The minimum Gasteiger partial charge on any atom is -0.334 e. The predicted molar refractivity (Wildman–Crippen MR) is 101 cm³/mol. The van der Waals surface area contributed by atoms with Gasteiger partial charge in [-0.25, -0.2) is 0 Å². The van der Waals surface area contributed by atoms with Gasteiger partial charge in [0.25, 0.3) is 5.91 Å². The summed E-state index contributed by atoms with van der Waals surface area (Å²) in [7, 11) is 3.55. The van der Waals surface area contributed by atoms with Crippen LogP contribution in [0.1, 0.15) is 16.2 Å². The van der Waals surface area contributed by atoms with Crippen molar-refractivity contribution in [1.82, 2.24) is 24.9 Å². The predicted octanol–water partition coefficient (Wildman–Crippen LogP) is 4.15. The third kappa shape index (κ3) is 3.73. The smallest absolute Gasteiger partial charge is 0.271 e. The summed E-state index contributed by atoms with van der Waals surface area (Å²) in [6.07, 6.45) is 1.70. The van der Waals surface area contributed by atoms with Crippen LogP contribution in [0.15, 0.2) is 34.9 Å². The minimum absolute atomic E-state index is 0.174. The molecule has 3 aromatic rings. The van der Waals surface area contributed by atoms with Crippen LogP contribution in [0, 0.1) is 0 Å². The third-order valence-corrected chi connectivity index (χ3v) is 5.17. The van der Waals surface area contributed by atoms with Crippen molar-refractivity contribution in [1.29, 1.82) is 0 Å². The van der Waals surface area contributed by atoms with Crippen molar-refractivity contribution in [3.8, 4) is 11.3 Å². The van der Waals surface area contributed by atoms with Gasteiger partial charge in [-0.15, -0.1) is 0 Å². The molecule has 1 N–H and O–H groups in total. The maximum atomic E-state index is 12.6. The maximum absolute atomic E-state index is 12.6. The Bertz CT molecular complexity index is 917. The van der Waals surface area contributed by atoms with E-state index in [2.05, 4.69) is 31.2 Å². The van der Waals surface area contributed by atoms with Crippen LogP contribution in [0.25, 0.3) is 11.3 Å². The van der Waals surface area contributed by atoms with Crippen molar-refractivity contribution < 1.29 is 4.79 Å². The summed E-state index contributed by atoms with van der Waals surface area (Å²) >= 11 is 15.4. The summed E-state index contributed by atoms with van der Waals surface area (Å²) in [5, 5.41) is 12.0. The monoisotopic (exact) mass is 441 g/mol. The molecule has 0 saturated heterocycles. The first kappa shape index (κ1) is 18.0. The fraction of sp³-hybridized carbons (Fsp3) is 0.188.